The molecule has 0 radical (unpaired) electrons. The van der Waals surface area contributed by atoms with E-state index in [0.29, 0.717) is 19.7 Å². The summed E-state index contributed by atoms with van der Waals surface area (Å²) in [5, 5.41) is 3.31. The lowest BCUT2D eigenvalue weighted by Gasteiger charge is -2.21. The number of aromatic nitrogens is 2. The summed E-state index contributed by atoms with van der Waals surface area (Å²) < 4.78 is 5.70. The minimum absolute atomic E-state index is 0.565. The first-order chi connectivity index (χ1) is 13.3. The first-order valence-electron chi connectivity index (χ1n) is 8.95. The molecule has 0 spiro atoms. The summed E-state index contributed by atoms with van der Waals surface area (Å²) in [7, 11) is 3.76. The molecule has 27 heavy (non-hydrogen) atoms. The number of ether oxygens (including phenoxy) is 1. The number of rotatable bonds is 7. The van der Waals surface area contributed by atoms with Crippen LogP contribution in [0.2, 0.25) is 0 Å². The Morgan fingerprint density at radius 3 is 2.52 bits per heavy atom. The highest BCUT2D eigenvalue weighted by Gasteiger charge is 2.09. The van der Waals surface area contributed by atoms with Gasteiger partial charge in [-0.25, -0.2) is 4.98 Å². The van der Waals surface area contributed by atoms with E-state index in [1.165, 1.54) is 0 Å². The van der Waals surface area contributed by atoms with Gasteiger partial charge in [0.2, 0.25) is 0 Å². The van der Waals surface area contributed by atoms with E-state index in [0.717, 1.165) is 28.8 Å². The van der Waals surface area contributed by atoms with Crippen molar-refractivity contribution < 1.29 is 4.74 Å². The largest absolute Gasteiger partial charge is 0.492 e. The Kier molecular flexibility index (Phi) is 6.46. The first-order valence-corrected chi connectivity index (χ1v) is 8.95. The smallest absolute Gasteiger partial charge is 0.193 e. The van der Waals surface area contributed by atoms with E-state index in [-0.39, 0.29) is 0 Å². The second-order valence-corrected chi connectivity index (χ2v) is 6.10. The number of hydrogen-bond donors (Lipinski definition) is 2. The first kappa shape index (κ1) is 18.5. The van der Waals surface area contributed by atoms with Crippen LogP contribution in [0.4, 0.5) is 0 Å². The number of nitrogens with zero attached hydrogens (tertiary/aromatic N) is 3. The van der Waals surface area contributed by atoms with Crippen molar-refractivity contribution in [3.8, 4) is 17.0 Å². The number of benzene rings is 2. The molecular weight excluding hydrogens is 338 g/mol. The molecule has 2 N–H and O–H groups in total. The number of H-pyrrole nitrogens is 1. The number of aliphatic imine (C=N–C) groups is 1. The molecule has 140 valence electrons. The quantitative estimate of drug-likeness (QED) is 0.384. The minimum atomic E-state index is 0.565. The van der Waals surface area contributed by atoms with Crippen LogP contribution in [0.3, 0.4) is 0 Å². The van der Waals surface area contributed by atoms with E-state index in [2.05, 4.69) is 32.4 Å². The lowest BCUT2D eigenvalue weighted by Crippen LogP contribution is -2.40. The molecule has 0 fully saturated rings. The Morgan fingerprint density at radius 2 is 1.81 bits per heavy atom. The number of nitrogens with one attached hydrogen (secondary N) is 2. The minimum Gasteiger partial charge on any atom is -0.492 e. The maximum atomic E-state index is 5.70. The van der Waals surface area contributed by atoms with E-state index >= 15 is 0 Å². The zero-order valence-electron chi connectivity index (χ0n) is 15.7. The molecular formula is C21H25N5O. The molecule has 1 heterocycles. The van der Waals surface area contributed by atoms with Crippen molar-refractivity contribution in [1.29, 1.82) is 0 Å². The standard InChI is InChI=1S/C21H25N5O/c1-22-21(23-13-14-27-18-11-7-4-8-12-18)26(2)16-20-24-15-19(25-20)17-9-5-3-6-10-17/h3-12,15H,13-14,16H2,1-2H3,(H,22,23)(H,24,25). The number of hydrogen-bond acceptors (Lipinski definition) is 3. The van der Waals surface area contributed by atoms with Crippen LogP contribution in [0.1, 0.15) is 5.82 Å². The van der Waals surface area contributed by atoms with Crippen molar-refractivity contribution in [2.45, 2.75) is 6.54 Å². The van der Waals surface area contributed by atoms with Crippen LogP contribution >= 0.6 is 0 Å². The summed E-state index contributed by atoms with van der Waals surface area (Å²) in [6.07, 6.45) is 1.86. The van der Waals surface area contributed by atoms with E-state index in [1.807, 2.05) is 66.7 Å². The fourth-order valence-electron chi connectivity index (χ4n) is 2.74. The molecule has 1 aromatic heterocycles. The molecule has 0 unspecified atom stereocenters. The van der Waals surface area contributed by atoms with Gasteiger partial charge in [0.25, 0.3) is 0 Å². The molecule has 0 bridgehead atoms. The average molecular weight is 363 g/mol. The van der Waals surface area contributed by atoms with Crippen molar-refractivity contribution in [3.05, 3.63) is 72.7 Å². The molecule has 0 amide bonds. The maximum absolute atomic E-state index is 5.70. The van der Waals surface area contributed by atoms with Crippen molar-refractivity contribution in [2.24, 2.45) is 4.99 Å². The molecule has 0 saturated heterocycles. The molecule has 6 heteroatoms. The fraction of sp³-hybridized carbons (Fsp3) is 0.238. The van der Waals surface area contributed by atoms with E-state index in [9.17, 15) is 0 Å². The average Bonchev–Trinajstić information content (AvgIpc) is 3.18. The molecule has 0 aliphatic carbocycles. The van der Waals surface area contributed by atoms with Gasteiger partial charge in [0, 0.05) is 14.1 Å². The van der Waals surface area contributed by atoms with Crippen LogP contribution in [0, 0.1) is 0 Å². The van der Waals surface area contributed by atoms with E-state index in [1.54, 1.807) is 7.05 Å². The van der Waals surface area contributed by atoms with Crippen LogP contribution < -0.4 is 10.1 Å². The molecule has 2 aromatic carbocycles. The molecule has 0 saturated carbocycles. The molecule has 3 aromatic rings. The van der Waals surface area contributed by atoms with Crippen LogP contribution in [0.25, 0.3) is 11.3 Å². The van der Waals surface area contributed by atoms with Crippen molar-refractivity contribution >= 4 is 5.96 Å². The number of aromatic amines is 1. The lowest BCUT2D eigenvalue weighted by molar-refractivity contribution is 0.319. The third-order valence-corrected chi connectivity index (χ3v) is 4.07. The summed E-state index contributed by atoms with van der Waals surface area (Å²) in [4.78, 5) is 14.2. The zero-order chi connectivity index (χ0) is 18.9. The van der Waals surface area contributed by atoms with Crippen LogP contribution in [-0.4, -0.2) is 48.1 Å². The number of para-hydroxylation sites is 1. The highest BCUT2D eigenvalue weighted by atomic mass is 16.5. The van der Waals surface area contributed by atoms with Gasteiger partial charge in [0.15, 0.2) is 5.96 Å². The Morgan fingerprint density at radius 1 is 1.11 bits per heavy atom. The van der Waals surface area contributed by atoms with Crippen LogP contribution in [-0.2, 0) is 6.54 Å². The predicted molar refractivity (Wildman–Crippen MR) is 109 cm³/mol. The van der Waals surface area contributed by atoms with Gasteiger partial charge >= 0.3 is 0 Å². The van der Waals surface area contributed by atoms with Crippen molar-refractivity contribution in [3.63, 3.8) is 0 Å². The SMILES string of the molecule is CN=C(NCCOc1ccccc1)N(C)Cc1ncc(-c2ccccc2)[nH]1. The second kappa shape index (κ2) is 9.43. The van der Waals surface area contributed by atoms with Gasteiger partial charge in [-0.1, -0.05) is 48.5 Å². The summed E-state index contributed by atoms with van der Waals surface area (Å²) in [6, 6.07) is 20.0. The topological polar surface area (TPSA) is 65.5 Å². The van der Waals surface area contributed by atoms with Crippen LogP contribution in [0.15, 0.2) is 71.9 Å². The van der Waals surface area contributed by atoms with Gasteiger partial charge in [-0.15, -0.1) is 0 Å². The van der Waals surface area contributed by atoms with Gasteiger partial charge < -0.3 is 19.9 Å². The highest BCUT2D eigenvalue weighted by Crippen LogP contribution is 2.16. The molecule has 0 atom stereocenters. The van der Waals surface area contributed by atoms with Crippen molar-refractivity contribution in [2.75, 3.05) is 27.2 Å². The van der Waals surface area contributed by atoms with Gasteiger partial charge in [0.05, 0.1) is 25.0 Å². The van der Waals surface area contributed by atoms with Crippen LogP contribution in [0.5, 0.6) is 5.75 Å². The second-order valence-electron chi connectivity index (χ2n) is 6.10. The molecule has 6 nitrogen and oxygen atoms in total. The van der Waals surface area contributed by atoms with Gasteiger partial charge in [0.1, 0.15) is 18.2 Å². The predicted octanol–water partition coefficient (Wildman–Crippen LogP) is 3.16. The number of guanidine groups is 1. The monoisotopic (exact) mass is 363 g/mol. The number of imidazole rings is 1. The van der Waals surface area contributed by atoms with Crippen molar-refractivity contribution in [1.82, 2.24) is 20.2 Å². The molecule has 0 aliphatic rings. The normalized spacial score (nSPS) is 11.3. The summed E-state index contributed by atoms with van der Waals surface area (Å²) in [5.74, 6) is 2.55. The summed E-state index contributed by atoms with van der Waals surface area (Å²) in [6.45, 7) is 1.86. The van der Waals surface area contributed by atoms with Gasteiger partial charge in [-0.3, -0.25) is 4.99 Å². The third-order valence-electron chi connectivity index (χ3n) is 4.07. The Balaban J connectivity index is 1.49. The summed E-state index contributed by atoms with van der Waals surface area (Å²) in [5.41, 5.74) is 2.14. The molecule has 0 aliphatic heterocycles. The van der Waals surface area contributed by atoms with E-state index < -0.39 is 0 Å². The van der Waals surface area contributed by atoms with Gasteiger partial charge in [-0.2, -0.15) is 0 Å². The molecule has 3 rings (SSSR count). The fourth-order valence-corrected chi connectivity index (χ4v) is 2.74. The maximum Gasteiger partial charge on any atom is 0.193 e. The van der Waals surface area contributed by atoms with E-state index in [4.69, 9.17) is 4.74 Å². The Bertz CT molecular complexity index is 845. The zero-order valence-corrected chi connectivity index (χ0v) is 15.7. The Labute approximate surface area is 159 Å². The Hall–Kier alpha value is -3.28. The third kappa shape index (κ3) is 5.34. The summed E-state index contributed by atoms with van der Waals surface area (Å²) >= 11 is 0. The van der Waals surface area contributed by atoms with Gasteiger partial charge in [-0.05, 0) is 17.7 Å². The lowest BCUT2D eigenvalue weighted by atomic mass is 10.2. The highest BCUT2D eigenvalue weighted by molar-refractivity contribution is 5.79.